The van der Waals surface area contributed by atoms with Gasteiger partial charge >= 0.3 is 11.9 Å². The van der Waals surface area contributed by atoms with Gasteiger partial charge in [-0.3, -0.25) is 10.1 Å². The van der Waals surface area contributed by atoms with Crippen LogP contribution >= 0.6 is 0 Å². The van der Waals surface area contributed by atoms with E-state index < -0.39 is 23.2 Å². The fourth-order valence-electron chi connectivity index (χ4n) is 1.31. The standard InChI is InChI=1S/C11H9F3N2O3/c12-11(13,14)4-1-5-19-10-3-2-8(7-15)6-9(10)16(17)18/h2-3,6H,1,4-5H2. The second kappa shape index (κ2) is 6.04. The van der Waals surface area contributed by atoms with Crippen molar-refractivity contribution in [3.05, 3.63) is 33.9 Å². The minimum atomic E-state index is -4.28. The van der Waals surface area contributed by atoms with E-state index in [2.05, 4.69) is 0 Å². The summed E-state index contributed by atoms with van der Waals surface area (Å²) >= 11 is 0. The Morgan fingerprint density at radius 2 is 2.11 bits per heavy atom. The van der Waals surface area contributed by atoms with Crippen LogP contribution < -0.4 is 4.74 Å². The average molecular weight is 274 g/mol. The highest BCUT2D eigenvalue weighted by atomic mass is 19.4. The molecular formula is C11H9F3N2O3. The van der Waals surface area contributed by atoms with Crippen molar-refractivity contribution in [1.82, 2.24) is 0 Å². The van der Waals surface area contributed by atoms with E-state index in [9.17, 15) is 23.3 Å². The highest BCUT2D eigenvalue weighted by Crippen LogP contribution is 2.28. The lowest BCUT2D eigenvalue weighted by Gasteiger charge is -2.08. The monoisotopic (exact) mass is 274 g/mol. The third-order valence-corrected chi connectivity index (χ3v) is 2.15. The molecule has 0 fully saturated rings. The van der Waals surface area contributed by atoms with Crippen molar-refractivity contribution in [2.45, 2.75) is 19.0 Å². The Hall–Kier alpha value is -2.30. The van der Waals surface area contributed by atoms with Crippen LogP contribution in [-0.2, 0) is 0 Å². The molecule has 0 aliphatic heterocycles. The average Bonchev–Trinajstić information content (AvgIpc) is 2.33. The van der Waals surface area contributed by atoms with Crippen molar-refractivity contribution in [3.63, 3.8) is 0 Å². The van der Waals surface area contributed by atoms with Gasteiger partial charge in [-0.05, 0) is 18.6 Å². The summed E-state index contributed by atoms with van der Waals surface area (Å²) in [5.41, 5.74) is -0.361. The first kappa shape index (κ1) is 14.8. The molecule has 1 aromatic carbocycles. The van der Waals surface area contributed by atoms with Crippen LogP contribution in [-0.4, -0.2) is 17.7 Å². The van der Waals surface area contributed by atoms with Crippen LogP contribution in [0, 0.1) is 21.4 Å². The zero-order chi connectivity index (χ0) is 14.5. The van der Waals surface area contributed by atoms with Crippen molar-refractivity contribution >= 4 is 5.69 Å². The molecule has 0 bridgehead atoms. The largest absolute Gasteiger partial charge is 0.487 e. The second-order valence-electron chi connectivity index (χ2n) is 3.62. The summed E-state index contributed by atoms with van der Waals surface area (Å²) in [6.45, 7) is -0.285. The Labute approximate surface area is 106 Å². The molecule has 8 heteroatoms. The van der Waals surface area contributed by atoms with Gasteiger partial charge in [-0.15, -0.1) is 0 Å². The summed E-state index contributed by atoms with van der Waals surface area (Å²) in [6.07, 6.45) is -5.59. The smallest absolute Gasteiger partial charge is 0.389 e. The summed E-state index contributed by atoms with van der Waals surface area (Å²) in [5.74, 6) is -0.147. The van der Waals surface area contributed by atoms with Gasteiger partial charge in [0.2, 0.25) is 0 Å². The van der Waals surface area contributed by atoms with Crippen molar-refractivity contribution < 1.29 is 22.8 Å². The minimum Gasteiger partial charge on any atom is -0.487 e. The molecule has 0 N–H and O–H groups in total. The lowest BCUT2D eigenvalue weighted by Crippen LogP contribution is -2.10. The number of rotatable bonds is 5. The molecule has 0 heterocycles. The molecule has 0 saturated carbocycles. The van der Waals surface area contributed by atoms with Crippen molar-refractivity contribution in [1.29, 1.82) is 5.26 Å². The first-order chi connectivity index (χ1) is 8.83. The van der Waals surface area contributed by atoms with E-state index in [1.165, 1.54) is 12.1 Å². The molecular weight excluding hydrogens is 265 g/mol. The quantitative estimate of drug-likeness (QED) is 0.469. The van der Waals surface area contributed by atoms with Crippen molar-refractivity contribution in [2.75, 3.05) is 6.61 Å². The minimum absolute atomic E-state index is 0.0781. The summed E-state index contributed by atoms with van der Waals surface area (Å²) in [6, 6.07) is 5.24. The number of nitrogens with zero attached hydrogens (tertiary/aromatic N) is 2. The molecule has 0 aliphatic rings. The number of ether oxygens (including phenoxy) is 1. The van der Waals surface area contributed by atoms with Gasteiger partial charge in [0.25, 0.3) is 0 Å². The summed E-state index contributed by atoms with van der Waals surface area (Å²) in [5, 5.41) is 19.3. The van der Waals surface area contributed by atoms with E-state index >= 15 is 0 Å². The first-order valence-electron chi connectivity index (χ1n) is 5.21. The van der Waals surface area contributed by atoms with E-state index in [0.29, 0.717) is 0 Å². The molecule has 1 aromatic rings. The lowest BCUT2D eigenvalue weighted by atomic mass is 10.2. The molecule has 0 spiro atoms. The zero-order valence-electron chi connectivity index (χ0n) is 9.61. The predicted octanol–water partition coefficient (Wildman–Crippen LogP) is 3.19. The van der Waals surface area contributed by atoms with Gasteiger partial charge in [-0.1, -0.05) is 0 Å². The molecule has 5 nitrogen and oxygen atoms in total. The highest BCUT2D eigenvalue weighted by Gasteiger charge is 2.26. The van der Waals surface area contributed by atoms with Crippen LogP contribution in [0.2, 0.25) is 0 Å². The molecule has 19 heavy (non-hydrogen) atoms. The fourth-order valence-corrected chi connectivity index (χ4v) is 1.31. The number of nitro groups is 1. The normalized spacial score (nSPS) is 10.8. The Balaban J connectivity index is 2.68. The molecule has 0 amide bonds. The van der Waals surface area contributed by atoms with Gasteiger partial charge in [-0.2, -0.15) is 18.4 Å². The molecule has 0 aromatic heterocycles. The number of hydrogen-bond donors (Lipinski definition) is 0. The van der Waals surface area contributed by atoms with Crippen LogP contribution in [0.1, 0.15) is 18.4 Å². The molecule has 0 unspecified atom stereocenters. The molecule has 0 atom stereocenters. The van der Waals surface area contributed by atoms with E-state index in [1.54, 1.807) is 6.07 Å². The van der Waals surface area contributed by atoms with Crippen LogP contribution in [0.3, 0.4) is 0 Å². The summed E-state index contributed by atoms with van der Waals surface area (Å²) in [4.78, 5) is 9.97. The maximum absolute atomic E-state index is 11.9. The van der Waals surface area contributed by atoms with E-state index in [1.807, 2.05) is 0 Å². The van der Waals surface area contributed by atoms with E-state index in [4.69, 9.17) is 10.00 Å². The van der Waals surface area contributed by atoms with Crippen molar-refractivity contribution in [2.24, 2.45) is 0 Å². The van der Waals surface area contributed by atoms with Crippen LogP contribution in [0.15, 0.2) is 18.2 Å². The summed E-state index contributed by atoms with van der Waals surface area (Å²) in [7, 11) is 0. The topological polar surface area (TPSA) is 76.2 Å². The van der Waals surface area contributed by atoms with Crippen LogP contribution in [0.25, 0.3) is 0 Å². The van der Waals surface area contributed by atoms with Gasteiger partial charge in [0, 0.05) is 12.5 Å². The number of nitro benzene ring substituents is 1. The first-order valence-corrected chi connectivity index (χ1v) is 5.21. The van der Waals surface area contributed by atoms with Gasteiger partial charge in [0.1, 0.15) is 0 Å². The zero-order valence-corrected chi connectivity index (χ0v) is 9.61. The number of halogens is 3. The molecule has 0 aliphatic carbocycles. The fraction of sp³-hybridized carbons (Fsp3) is 0.364. The van der Waals surface area contributed by atoms with Gasteiger partial charge in [-0.25, -0.2) is 0 Å². The lowest BCUT2D eigenvalue weighted by molar-refractivity contribution is -0.385. The SMILES string of the molecule is N#Cc1ccc(OCCCC(F)(F)F)c([N+](=O)[O-])c1. The van der Waals surface area contributed by atoms with Gasteiger partial charge in [0.15, 0.2) is 5.75 Å². The maximum Gasteiger partial charge on any atom is 0.389 e. The molecule has 0 radical (unpaired) electrons. The number of alkyl halides is 3. The van der Waals surface area contributed by atoms with Gasteiger partial charge < -0.3 is 4.74 Å². The molecule has 1 rings (SSSR count). The van der Waals surface area contributed by atoms with Crippen LogP contribution in [0.5, 0.6) is 5.75 Å². The number of nitriles is 1. The maximum atomic E-state index is 11.9. The van der Waals surface area contributed by atoms with E-state index in [-0.39, 0.29) is 24.3 Å². The number of benzene rings is 1. The third kappa shape index (κ3) is 4.83. The number of hydrogen-bond acceptors (Lipinski definition) is 4. The highest BCUT2D eigenvalue weighted by molar-refractivity contribution is 5.51. The van der Waals surface area contributed by atoms with Crippen molar-refractivity contribution in [3.8, 4) is 11.8 Å². The van der Waals surface area contributed by atoms with E-state index in [0.717, 1.165) is 6.07 Å². The Morgan fingerprint density at radius 3 is 2.63 bits per heavy atom. The summed E-state index contributed by atoms with van der Waals surface area (Å²) < 4.78 is 40.6. The molecule has 0 saturated heterocycles. The van der Waals surface area contributed by atoms with Crippen LogP contribution in [0.4, 0.5) is 18.9 Å². The molecule has 102 valence electrons. The Morgan fingerprint density at radius 1 is 1.42 bits per heavy atom. The Kier molecular flexibility index (Phi) is 4.69. The predicted molar refractivity (Wildman–Crippen MR) is 58.6 cm³/mol. The second-order valence-corrected chi connectivity index (χ2v) is 3.62. The van der Waals surface area contributed by atoms with Gasteiger partial charge in [0.05, 0.1) is 23.2 Å². The third-order valence-electron chi connectivity index (χ3n) is 2.15. The Bertz CT molecular complexity index is 509.